The molecule has 2 aromatic rings. The second kappa shape index (κ2) is 6.59. The highest BCUT2D eigenvalue weighted by atomic mass is 32.2. The number of anilines is 2. The van der Waals surface area contributed by atoms with Gasteiger partial charge in [0.1, 0.15) is 4.90 Å². The van der Waals surface area contributed by atoms with Gasteiger partial charge in [0, 0.05) is 12.6 Å². The van der Waals surface area contributed by atoms with Crippen LogP contribution in [0, 0.1) is 0 Å². The molecule has 0 radical (unpaired) electrons. The fraction of sp³-hybridized carbons (Fsp3) is 0.0667. The number of rotatable bonds is 5. The summed E-state index contributed by atoms with van der Waals surface area (Å²) in [6.45, 7) is 1.39. The van der Waals surface area contributed by atoms with Crippen LogP contribution in [0.1, 0.15) is 6.92 Å². The molecule has 0 saturated heterocycles. The van der Waals surface area contributed by atoms with Crippen LogP contribution in [0.4, 0.5) is 11.4 Å². The minimum atomic E-state index is -4.49. The minimum Gasteiger partial charge on any atom is -0.327 e. The normalized spacial score (nSPS) is 10.9. The summed E-state index contributed by atoms with van der Waals surface area (Å²) in [7, 11) is -4.49. The van der Waals surface area contributed by atoms with E-state index in [0.717, 1.165) is 0 Å². The molecule has 0 aliphatic carbocycles. The molecule has 0 aromatic heterocycles. The third-order valence-electron chi connectivity index (χ3n) is 3.01. The van der Waals surface area contributed by atoms with Gasteiger partial charge in [-0.1, -0.05) is 18.2 Å². The number of amides is 2. The maximum absolute atomic E-state index is 11.4. The fourth-order valence-electron chi connectivity index (χ4n) is 2.05. The van der Waals surface area contributed by atoms with Crippen molar-refractivity contribution in [3.63, 3.8) is 0 Å². The van der Waals surface area contributed by atoms with Crippen LogP contribution >= 0.6 is 0 Å². The van der Waals surface area contributed by atoms with Gasteiger partial charge in [0.15, 0.2) is 0 Å². The van der Waals surface area contributed by atoms with Gasteiger partial charge < -0.3 is 10.6 Å². The van der Waals surface area contributed by atoms with Gasteiger partial charge >= 0.3 is 0 Å². The zero-order chi connectivity index (χ0) is 17.0. The lowest BCUT2D eigenvalue weighted by molar-refractivity contribution is -0.114. The van der Waals surface area contributed by atoms with Crippen LogP contribution in [0.15, 0.2) is 47.4 Å². The van der Waals surface area contributed by atoms with Crippen molar-refractivity contribution in [3.8, 4) is 11.1 Å². The number of hydrogen-bond acceptors (Lipinski definition) is 4. The van der Waals surface area contributed by atoms with Gasteiger partial charge in [-0.05, 0) is 35.4 Å². The van der Waals surface area contributed by atoms with Crippen LogP contribution in [0.5, 0.6) is 0 Å². The molecule has 0 heterocycles. The highest BCUT2D eigenvalue weighted by Crippen LogP contribution is 2.29. The molecule has 0 fully saturated rings. The van der Waals surface area contributed by atoms with Crippen molar-refractivity contribution in [2.45, 2.75) is 11.8 Å². The molecule has 7 nitrogen and oxygen atoms in total. The Balaban J connectivity index is 2.44. The first kappa shape index (κ1) is 16.7. The monoisotopic (exact) mass is 334 g/mol. The van der Waals surface area contributed by atoms with Crippen molar-refractivity contribution >= 4 is 33.8 Å². The Morgan fingerprint density at radius 3 is 2.22 bits per heavy atom. The van der Waals surface area contributed by atoms with Crippen molar-refractivity contribution in [1.29, 1.82) is 0 Å². The summed E-state index contributed by atoms with van der Waals surface area (Å²) in [5.41, 5.74) is 1.81. The Kier molecular flexibility index (Phi) is 4.77. The molecule has 23 heavy (non-hydrogen) atoms. The van der Waals surface area contributed by atoms with Crippen molar-refractivity contribution in [3.05, 3.63) is 42.5 Å². The number of nitrogens with one attached hydrogen (secondary N) is 2. The maximum Gasteiger partial charge on any atom is 0.296 e. The van der Waals surface area contributed by atoms with E-state index in [-0.39, 0.29) is 11.6 Å². The second-order valence-electron chi connectivity index (χ2n) is 4.71. The quantitative estimate of drug-likeness (QED) is 0.573. The summed E-state index contributed by atoms with van der Waals surface area (Å²) in [6, 6.07) is 11.0. The van der Waals surface area contributed by atoms with E-state index in [0.29, 0.717) is 23.2 Å². The van der Waals surface area contributed by atoms with Crippen molar-refractivity contribution in [2.75, 3.05) is 10.6 Å². The van der Waals surface area contributed by atoms with E-state index in [4.69, 9.17) is 0 Å². The lowest BCUT2D eigenvalue weighted by atomic mass is 10.0. The van der Waals surface area contributed by atoms with E-state index in [2.05, 4.69) is 10.6 Å². The minimum absolute atomic E-state index is 0.0129. The molecule has 120 valence electrons. The molecular formula is C15H14N2O5S. The first-order valence-electron chi connectivity index (χ1n) is 6.51. The van der Waals surface area contributed by atoms with E-state index in [1.54, 1.807) is 30.3 Å². The molecular weight excluding hydrogens is 320 g/mol. The molecule has 2 aromatic carbocycles. The van der Waals surface area contributed by atoms with Crippen molar-refractivity contribution < 1.29 is 22.6 Å². The summed E-state index contributed by atoms with van der Waals surface area (Å²) < 4.78 is 32.2. The highest BCUT2D eigenvalue weighted by molar-refractivity contribution is 7.86. The van der Waals surface area contributed by atoms with Gasteiger partial charge in [-0.25, -0.2) is 0 Å². The van der Waals surface area contributed by atoms with E-state index >= 15 is 0 Å². The predicted octanol–water partition coefficient (Wildman–Crippen LogP) is 2.13. The van der Waals surface area contributed by atoms with Crippen LogP contribution in [0.2, 0.25) is 0 Å². The Bertz CT molecular complexity index is 845. The zero-order valence-corrected chi connectivity index (χ0v) is 12.9. The van der Waals surface area contributed by atoms with E-state index in [9.17, 15) is 22.6 Å². The lowest BCUT2D eigenvalue weighted by Crippen LogP contribution is -2.06. The topological polar surface area (TPSA) is 113 Å². The molecule has 0 spiro atoms. The third kappa shape index (κ3) is 4.15. The average Bonchev–Trinajstić information content (AvgIpc) is 2.47. The molecule has 8 heteroatoms. The fourth-order valence-corrected chi connectivity index (χ4v) is 2.73. The molecule has 0 unspecified atom stereocenters. The predicted molar refractivity (Wildman–Crippen MR) is 85.7 cm³/mol. The molecule has 0 bridgehead atoms. The van der Waals surface area contributed by atoms with Gasteiger partial charge in [-0.3, -0.25) is 14.1 Å². The van der Waals surface area contributed by atoms with Crippen LogP contribution in [-0.2, 0) is 19.7 Å². The Hall–Kier alpha value is -2.71. The third-order valence-corrected chi connectivity index (χ3v) is 3.91. The van der Waals surface area contributed by atoms with Gasteiger partial charge in [0.25, 0.3) is 10.1 Å². The number of carbonyl (C=O) groups excluding carboxylic acids is 2. The highest BCUT2D eigenvalue weighted by Gasteiger charge is 2.16. The van der Waals surface area contributed by atoms with Crippen LogP contribution in [0.25, 0.3) is 11.1 Å². The van der Waals surface area contributed by atoms with E-state index < -0.39 is 15.0 Å². The van der Waals surface area contributed by atoms with Gasteiger partial charge in [0.2, 0.25) is 12.3 Å². The molecule has 2 amide bonds. The van der Waals surface area contributed by atoms with Gasteiger partial charge in [0.05, 0.1) is 5.69 Å². The molecule has 3 N–H and O–H groups in total. The standard InChI is InChI=1S/C15H14N2O5S/c1-10(19)17-13-5-2-11(3-6-13)12-4-7-14(16-9-18)15(8-12)23(20,21)22/h2-9H,1H3,(H,16,18)(H,17,19)(H,20,21,22). The summed E-state index contributed by atoms with van der Waals surface area (Å²) in [6.07, 6.45) is 0.325. The van der Waals surface area contributed by atoms with Crippen molar-refractivity contribution in [1.82, 2.24) is 0 Å². The van der Waals surface area contributed by atoms with Crippen LogP contribution < -0.4 is 10.6 Å². The van der Waals surface area contributed by atoms with Crippen molar-refractivity contribution in [2.24, 2.45) is 0 Å². The molecule has 0 aliphatic heterocycles. The number of carbonyl (C=O) groups is 2. The lowest BCUT2D eigenvalue weighted by Gasteiger charge is -2.09. The summed E-state index contributed by atoms with van der Waals surface area (Å²) in [5.74, 6) is -0.198. The molecule has 0 saturated carbocycles. The smallest absolute Gasteiger partial charge is 0.296 e. The largest absolute Gasteiger partial charge is 0.327 e. The van der Waals surface area contributed by atoms with Crippen LogP contribution in [0.3, 0.4) is 0 Å². The Morgan fingerprint density at radius 2 is 1.70 bits per heavy atom. The van der Waals surface area contributed by atoms with Crippen LogP contribution in [-0.4, -0.2) is 25.3 Å². The summed E-state index contributed by atoms with van der Waals surface area (Å²) in [5, 5.41) is 4.85. The summed E-state index contributed by atoms with van der Waals surface area (Å²) in [4.78, 5) is 21.1. The van der Waals surface area contributed by atoms with E-state index in [1.807, 2.05) is 0 Å². The molecule has 2 rings (SSSR count). The second-order valence-corrected chi connectivity index (χ2v) is 6.10. The van der Waals surface area contributed by atoms with E-state index in [1.165, 1.54) is 19.1 Å². The number of hydrogen-bond donors (Lipinski definition) is 3. The SMILES string of the molecule is CC(=O)Nc1ccc(-c2ccc(NC=O)c(S(=O)(=O)O)c2)cc1. The first-order valence-corrected chi connectivity index (χ1v) is 7.95. The molecule has 0 aliphatic rings. The Morgan fingerprint density at radius 1 is 1.09 bits per heavy atom. The zero-order valence-electron chi connectivity index (χ0n) is 12.1. The summed E-state index contributed by atoms with van der Waals surface area (Å²) >= 11 is 0. The number of benzene rings is 2. The average molecular weight is 334 g/mol. The van der Waals surface area contributed by atoms with Gasteiger partial charge in [-0.15, -0.1) is 0 Å². The molecule has 0 atom stereocenters. The first-order chi connectivity index (χ1) is 10.8. The Labute approximate surface area is 133 Å². The maximum atomic E-state index is 11.4. The van der Waals surface area contributed by atoms with Gasteiger partial charge in [-0.2, -0.15) is 8.42 Å².